The number of hydrogen-bond donors (Lipinski definition) is 5. The number of carbonyl (C=O) groups is 1. The van der Waals surface area contributed by atoms with Gasteiger partial charge < -0.3 is 21.3 Å². The molecule has 0 saturated heterocycles. The van der Waals surface area contributed by atoms with Crippen molar-refractivity contribution in [1.82, 2.24) is 0 Å². The van der Waals surface area contributed by atoms with E-state index in [4.69, 9.17) is 11.1 Å². The highest BCUT2D eigenvalue weighted by atomic mass is 35.5. The number of phenolic OH excluding ortho intramolecular Hbond substituents is 1. The molecule has 0 aliphatic rings. The molecule has 0 fully saturated rings. The van der Waals surface area contributed by atoms with Gasteiger partial charge in [0.05, 0.1) is 6.42 Å². The van der Waals surface area contributed by atoms with E-state index in [9.17, 15) is 15.0 Å². The van der Waals surface area contributed by atoms with Gasteiger partial charge in [0, 0.05) is 16.8 Å². The Bertz CT molecular complexity index is 1050. The normalized spacial score (nSPS) is 11.3. The number of nitrogens with one attached hydrogen (secondary N) is 2. The smallest absolute Gasteiger partial charge is 0.228 e. The molecule has 30 heavy (non-hydrogen) atoms. The van der Waals surface area contributed by atoms with Crippen molar-refractivity contribution in [2.24, 2.45) is 5.73 Å². The number of nitrogens with two attached hydrogens (primary N) is 1. The number of aryl methyl sites for hydroxylation is 1. The van der Waals surface area contributed by atoms with E-state index >= 15 is 0 Å². The number of anilines is 1. The number of phenols is 1. The van der Waals surface area contributed by atoms with Gasteiger partial charge in [0.15, 0.2) is 0 Å². The Morgan fingerprint density at radius 2 is 1.80 bits per heavy atom. The molecular formula is C23H24ClN3O3. The van der Waals surface area contributed by atoms with Crippen molar-refractivity contribution in [2.45, 2.75) is 19.4 Å². The summed E-state index contributed by atoms with van der Waals surface area (Å²) in [4.78, 5) is 12.4. The van der Waals surface area contributed by atoms with Crippen LogP contribution in [0, 0.1) is 12.3 Å². The van der Waals surface area contributed by atoms with E-state index in [1.165, 1.54) is 18.2 Å². The fourth-order valence-electron chi connectivity index (χ4n) is 3.15. The second-order valence-corrected chi connectivity index (χ2v) is 6.87. The molecule has 1 unspecified atom stereocenters. The summed E-state index contributed by atoms with van der Waals surface area (Å²) >= 11 is 0. The summed E-state index contributed by atoms with van der Waals surface area (Å²) < 4.78 is 0. The minimum atomic E-state index is -0.743. The largest absolute Gasteiger partial charge is 0.508 e. The van der Waals surface area contributed by atoms with Crippen LogP contribution < -0.4 is 11.1 Å². The van der Waals surface area contributed by atoms with Crippen LogP contribution in [0.15, 0.2) is 66.7 Å². The molecule has 0 bridgehead atoms. The first-order valence-corrected chi connectivity index (χ1v) is 9.15. The molecular weight excluding hydrogens is 402 g/mol. The summed E-state index contributed by atoms with van der Waals surface area (Å²) in [6.07, 6.45) is -0.798. The molecule has 0 spiro atoms. The molecule has 3 aromatic rings. The van der Waals surface area contributed by atoms with Gasteiger partial charge in [0.1, 0.15) is 17.7 Å². The van der Waals surface area contributed by atoms with Crippen LogP contribution in [0.25, 0.3) is 0 Å². The number of aromatic hydroxyl groups is 1. The van der Waals surface area contributed by atoms with E-state index in [0.717, 1.165) is 16.7 Å². The molecule has 3 aromatic carbocycles. The molecule has 6 N–H and O–H groups in total. The van der Waals surface area contributed by atoms with Gasteiger partial charge in [-0.3, -0.25) is 10.2 Å². The number of amidine groups is 1. The number of rotatable bonds is 6. The second-order valence-electron chi connectivity index (χ2n) is 6.87. The number of aliphatic hydroxyl groups is 1. The van der Waals surface area contributed by atoms with E-state index in [1.807, 2.05) is 37.3 Å². The molecule has 0 radical (unpaired) electrons. The van der Waals surface area contributed by atoms with Crippen molar-refractivity contribution in [1.29, 1.82) is 5.41 Å². The standard InChI is InChI=1S/C23H23N3O3.ClH/c1-14-11-18(8-9-19(14)22(29)15-5-3-2-4-6-15)26-21(28)13-17-12-16(23(24)25)7-10-20(17)27;/h2-12,22,27,29H,13H2,1H3,(H3,24,25)(H,26,28);1H. The van der Waals surface area contributed by atoms with Crippen molar-refractivity contribution in [3.63, 3.8) is 0 Å². The summed E-state index contributed by atoms with van der Waals surface area (Å²) in [5.74, 6) is -0.464. The third-order valence-electron chi connectivity index (χ3n) is 4.70. The molecule has 156 valence electrons. The Morgan fingerprint density at radius 3 is 2.43 bits per heavy atom. The van der Waals surface area contributed by atoms with Gasteiger partial charge in [-0.15, -0.1) is 12.4 Å². The minimum absolute atomic E-state index is 0. The lowest BCUT2D eigenvalue weighted by Crippen LogP contribution is -2.16. The van der Waals surface area contributed by atoms with Crippen LogP contribution in [-0.4, -0.2) is 22.0 Å². The molecule has 1 atom stereocenters. The third kappa shape index (κ3) is 5.37. The lowest BCUT2D eigenvalue weighted by molar-refractivity contribution is -0.115. The molecule has 7 heteroatoms. The number of amides is 1. The number of benzene rings is 3. The quantitative estimate of drug-likeness (QED) is 0.305. The van der Waals surface area contributed by atoms with Crippen LogP contribution in [-0.2, 0) is 11.2 Å². The highest BCUT2D eigenvalue weighted by Gasteiger charge is 2.14. The third-order valence-corrected chi connectivity index (χ3v) is 4.70. The van der Waals surface area contributed by atoms with Gasteiger partial charge >= 0.3 is 0 Å². The number of hydrogen-bond acceptors (Lipinski definition) is 4. The van der Waals surface area contributed by atoms with E-state index < -0.39 is 6.10 Å². The molecule has 0 aliphatic heterocycles. The lowest BCUT2D eigenvalue weighted by Gasteiger charge is -2.16. The average Bonchev–Trinajstić information content (AvgIpc) is 2.69. The maximum atomic E-state index is 12.4. The predicted octanol–water partition coefficient (Wildman–Crippen LogP) is 3.67. The zero-order chi connectivity index (χ0) is 21.0. The summed E-state index contributed by atoms with van der Waals surface area (Å²) in [5.41, 5.74) is 9.31. The molecule has 6 nitrogen and oxygen atoms in total. The summed E-state index contributed by atoms with van der Waals surface area (Å²) in [7, 11) is 0. The molecule has 0 aliphatic carbocycles. The zero-order valence-electron chi connectivity index (χ0n) is 16.4. The lowest BCUT2D eigenvalue weighted by atomic mass is 9.97. The highest BCUT2D eigenvalue weighted by Crippen LogP contribution is 2.27. The molecule has 0 saturated carbocycles. The minimum Gasteiger partial charge on any atom is -0.508 e. The van der Waals surface area contributed by atoms with Crippen molar-refractivity contribution < 1.29 is 15.0 Å². The molecule has 1 amide bonds. The Kier molecular flexibility index (Phi) is 7.58. The number of aliphatic hydroxyl groups excluding tert-OH is 1. The molecule has 0 heterocycles. The van der Waals surface area contributed by atoms with Gasteiger partial charge in [-0.25, -0.2) is 0 Å². The summed E-state index contributed by atoms with van der Waals surface area (Å²) in [5, 5.41) is 30.8. The fourth-order valence-corrected chi connectivity index (χ4v) is 3.15. The highest BCUT2D eigenvalue weighted by molar-refractivity contribution is 5.96. The van der Waals surface area contributed by atoms with Crippen LogP contribution in [0.1, 0.15) is 33.9 Å². The Labute approximate surface area is 181 Å². The van der Waals surface area contributed by atoms with Gasteiger partial charge in [-0.1, -0.05) is 36.4 Å². The van der Waals surface area contributed by atoms with Crippen molar-refractivity contribution in [3.8, 4) is 5.75 Å². The van der Waals surface area contributed by atoms with E-state index in [-0.39, 0.29) is 36.3 Å². The SMILES string of the molecule is Cc1cc(NC(=O)Cc2cc(C(=N)N)ccc2O)ccc1C(O)c1ccccc1.Cl. The maximum absolute atomic E-state index is 12.4. The fraction of sp³-hybridized carbons (Fsp3) is 0.130. The second kappa shape index (κ2) is 9.91. The van der Waals surface area contributed by atoms with Gasteiger partial charge in [-0.05, 0) is 53.9 Å². The number of halogens is 1. The van der Waals surface area contributed by atoms with Crippen LogP contribution in [0.3, 0.4) is 0 Å². The van der Waals surface area contributed by atoms with Crippen LogP contribution >= 0.6 is 12.4 Å². The first-order valence-electron chi connectivity index (χ1n) is 9.15. The number of carbonyl (C=O) groups excluding carboxylic acids is 1. The first kappa shape index (κ1) is 22.9. The van der Waals surface area contributed by atoms with Crippen LogP contribution in [0.4, 0.5) is 5.69 Å². The van der Waals surface area contributed by atoms with Crippen molar-refractivity contribution in [3.05, 3.63) is 94.5 Å². The van der Waals surface area contributed by atoms with Gasteiger partial charge in [0.2, 0.25) is 5.91 Å². The zero-order valence-corrected chi connectivity index (χ0v) is 17.2. The summed E-state index contributed by atoms with van der Waals surface area (Å²) in [6.45, 7) is 1.87. The van der Waals surface area contributed by atoms with Crippen LogP contribution in [0.5, 0.6) is 5.75 Å². The van der Waals surface area contributed by atoms with Crippen LogP contribution in [0.2, 0.25) is 0 Å². The Hall–Kier alpha value is -3.35. The maximum Gasteiger partial charge on any atom is 0.228 e. The average molecular weight is 426 g/mol. The molecule has 0 aromatic heterocycles. The molecule has 3 rings (SSSR count). The monoisotopic (exact) mass is 425 g/mol. The van der Waals surface area contributed by atoms with Crippen molar-refractivity contribution in [2.75, 3.05) is 5.32 Å². The van der Waals surface area contributed by atoms with E-state index in [1.54, 1.807) is 18.2 Å². The summed E-state index contributed by atoms with van der Waals surface area (Å²) in [6, 6.07) is 19.2. The Balaban J connectivity index is 0.00000320. The number of nitrogen functional groups attached to an aromatic ring is 1. The predicted molar refractivity (Wildman–Crippen MR) is 120 cm³/mol. The van der Waals surface area contributed by atoms with E-state index in [2.05, 4.69) is 5.32 Å². The van der Waals surface area contributed by atoms with E-state index in [0.29, 0.717) is 16.8 Å². The Morgan fingerprint density at radius 1 is 1.10 bits per heavy atom. The van der Waals surface area contributed by atoms with Gasteiger partial charge in [0.25, 0.3) is 0 Å². The first-order chi connectivity index (χ1) is 13.8. The topological polar surface area (TPSA) is 119 Å². The van der Waals surface area contributed by atoms with Gasteiger partial charge in [-0.2, -0.15) is 0 Å². The van der Waals surface area contributed by atoms with Crippen molar-refractivity contribution >= 4 is 29.8 Å².